The molecule has 0 saturated heterocycles. The van der Waals surface area contributed by atoms with Crippen molar-refractivity contribution in [2.45, 2.75) is 76.0 Å². The van der Waals surface area contributed by atoms with Crippen LogP contribution in [0.25, 0.3) is 0 Å². The lowest BCUT2D eigenvalue weighted by molar-refractivity contribution is 0.0953. The maximum absolute atomic E-state index is 13.8. The lowest BCUT2D eigenvalue weighted by Gasteiger charge is -2.13. The van der Waals surface area contributed by atoms with E-state index in [2.05, 4.69) is 17.0 Å². The van der Waals surface area contributed by atoms with Crippen LogP contribution in [0.4, 0.5) is 10.1 Å². The van der Waals surface area contributed by atoms with Crippen molar-refractivity contribution in [2.24, 2.45) is 0 Å². The first kappa shape index (κ1) is 28.4. The molecule has 0 bridgehead atoms. The quantitative estimate of drug-likeness (QED) is 0.233. The Labute approximate surface area is 212 Å². The minimum absolute atomic E-state index is 0.0203. The third-order valence-electron chi connectivity index (χ3n) is 5.49. The van der Waals surface area contributed by atoms with Crippen LogP contribution in [0.5, 0.6) is 0 Å². The van der Waals surface area contributed by atoms with Gasteiger partial charge in [0.05, 0.1) is 26.2 Å². The first-order valence-electron chi connectivity index (χ1n) is 11.8. The van der Waals surface area contributed by atoms with Crippen molar-refractivity contribution < 1.29 is 17.6 Å². The maximum atomic E-state index is 13.8. The molecule has 2 aromatic rings. The first-order chi connectivity index (χ1) is 16.2. The van der Waals surface area contributed by atoms with Gasteiger partial charge in [-0.3, -0.25) is 9.52 Å². The zero-order valence-electron chi connectivity index (χ0n) is 19.5. The summed E-state index contributed by atoms with van der Waals surface area (Å²) in [5, 5.41) is 3.05. The van der Waals surface area contributed by atoms with E-state index in [0.717, 1.165) is 31.4 Å². The highest BCUT2D eigenvalue weighted by atomic mass is 35.5. The fourth-order valence-electron chi connectivity index (χ4n) is 3.55. The third-order valence-corrected chi connectivity index (χ3v) is 7.59. The number of nitrogens with one attached hydrogen (secondary N) is 2. The molecule has 188 valence electrons. The van der Waals surface area contributed by atoms with Gasteiger partial charge in [-0.25, -0.2) is 12.8 Å². The van der Waals surface area contributed by atoms with Gasteiger partial charge in [-0.1, -0.05) is 87.9 Å². The molecule has 0 aliphatic carbocycles. The van der Waals surface area contributed by atoms with E-state index < -0.39 is 21.7 Å². The summed E-state index contributed by atoms with van der Waals surface area (Å²) >= 11 is 11.8. The van der Waals surface area contributed by atoms with Crippen molar-refractivity contribution in [1.82, 2.24) is 5.32 Å². The second kappa shape index (κ2) is 14.5. The topological polar surface area (TPSA) is 75.3 Å². The Morgan fingerprint density at radius 3 is 2.09 bits per heavy atom. The normalized spacial score (nSPS) is 11.4. The lowest BCUT2D eigenvalue weighted by atomic mass is 10.1. The number of sulfonamides is 1. The van der Waals surface area contributed by atoms with Crippen LogP contribution in [0, 0.1) is 5.82 Å². The van der Waals surface area contributed by atoms with Gasteiger partial charge in [0.2, 0.25) is 0 Å². The molecule has 0 fully saturated rings. The fourth-order valence-corrected chi connectivity index (χ4v) is 5.02. The van der Waals surface area contributed by atoms with Gasteiger partial charge in [0.15, 0.2) is 0 Å². The number of benzene rings is 2. The molecule has 0 aromatic heterocycles. The number of unbranched alkanes of at least 4 members (excludes halogenated alkanes) is 9. The molecule has 1 amide bonds. The number of anilines is 1. The minimum atomic E-state index is -4.06. The molecule has 0 radical (unpaired) electrons. The molecule has 0 spiro atoms. The van der Waals surface area contributed by atoms with Gasteiger partial charge < -0.3 is 5.32 Å². The Morgan fingerprint density at radius 2 is 1.47 bits per heavy atom. The molecule has 0 atom stereocenters. The molecule has 2 rings (SSSR count). The second-order valence-electron chi connectivity index (χ2n) is 8.31. The van der Waals surface area contributed by atoms with Crippen molar-refractivity contribution in [3.05, 3.63) is 57.8 Å². The number of hydrogen-bond donors (Lipinski definition) is 2. The molecule has 2 N–H and O–H groups in total. The third kappa shape index (κ3) is 9.43. The molecule has 0 unspecified atom stereocenters. The lowest BCUT2D eigenvalue weighted by Crippen LogP contribution is -2.26. The zero-order valence-corrected chi connectivity index (χ0v) is 21.8. The summed E-state index contributed by atoms with van der Waals surface area (Å²) in [7, 11) is -4.06. The van der Waals surface area contributed by atoms with Crippen molar-refractivity contribution in [1.29, 1.82) is 0 Å². The predicted molar refractivity (Wildman–Crippen MR) is 138 cm³/mol. The zero-order chi connectivity index (χ0) is 25.0. The van der Waals surface area contributed by atoms with Crippen LogP contribution >= 0.6 is 23.2 Å². The van der Waals surface area contributed by atoms with Crippen molar-refractivity contribution in [3.63, 3.8) is 0 Å². The highest BCUT2D eigenvalue weighted by Crippen LogP contribution is 2.27. The largest absolute Gasteiger partial charge is 0.352 e. The number of hydrogen-bond acceptors (Lipinski definition) is 3. The average molecular weight is 532 g/mol. The minimum Gasteiger partial charge on any atom is -0.352 e. The van der Waals surface area contributed by atoms with Gasteiger partial charge in [0.1, 0.15) is 5.82 Å². The Hall–Kier alpha value is -1.83. The van der Waals surface area contributed by atoms with Crippen LogP contribution in [0.3, 0.4) is 0 Å². The molecule has 0 saturated carbocycles. The van der Waals surface area contributed by atoms with E-state index in [1.807, 2.05) is 0 Å². The second-order valence-corrected chi connectivity index (χ2v) is 10.8. The van der Waals surface area contributed by atoms with E-state index in [1.165, 1.54) is 69.2 Å². The highest BCUT2D eigenvalue weighted by molar-refractivity contribution is 7.92. The van der Waals surface area contributed by atoms with Gasteiger partial charge in [-0.2, -0.15) is 0 Å². The number of halogens is 3. The maximum Gasteiger partial charge on any atom is 0.261 e. The van der Waals surface area contributed by atoms with Crippen LogP contribution in [0.15, 0.2) is 41.3 Å². The Kier molecular flexibility index (Phi) is 12.2. The number of carbonyl (C=O) groups is 1. The molecule has 34 heavy (non-hydrogen) atoms. The van der Waals surface area contributed by atoms with Gasteiger partial charge in [-0.05, 0) is 42.8 Å². The van der Waals surface area contributed by atoms with Gasteiger partial charge >= 0.3 is 0 Å². The molecule has 9 heteroatoms. The van der Waals surface area contributed by atoms with E-state index >= 15 is 0 Å². The molecular weight excluding hydrogens is 498 g/mol. The highest BCUT2D eigenvalue weighted by Gasteiger charge is 2.20. The number of carbonyl (C=O) groups excluding carboxylic acids is 1. The van der Waals surface area contributed by atoms with E-state index in [1.54, 1.807) is 0 Å². The summed E-state index contributed by atoms with van der Waals surface area (Å²) in [5.41, 5.74) is -0.108. The predicted octanol–water partition coefficient (Wildman–Crippen LogP) is 7.58. The SMILES string of the molecule is CCCCCCCCCCCCNC(=O)c1cc(F)ccc1NS(=O)(=O)c1ccc(Cl)c(Cl)c1. The van der Waals surface area contributed by atoms with Crippen LogP contribution in [-0.4, -0.2) is 20.9 Å². The van der Waals surface area contributed by atoms with Crippen LogP contribution in [0.2, 0.25) is 10.0 Å². The van der Waals surface area contributed by atoms with Gasteiger partial charge in [0.25, 0.3) is 15.9 Å². The summed E-state index contributed by atoms with van der Waals surface area (Å²) in [4.78, 5) is 12.5. The molecule has 0 heterocycles. The summed E-state index contributed by atoms with van der Waals surface area (Å²) in [5.74, 6) is -1.18. The summed E-state index contributed by atoms with van der Waals surface area (Å²) in [6.45, 7) is 2.65. The average Bonchev–Trinajstić information content (AvgIpc) is 2.80. The van der Waals surface area contributed by atoms with Crippen molar-refractivity contribution in [2.75, 3.05) is 11.3 Å². The van der Waals surface area contributed by atoms with E-state index in [4.69, 9.17) is 23.2 Å². The molecular formula is C25H33Cl2FN2O3S. The van der Waals surface area contributed by atoms with E-state index in [-0.39, 0.29) is 26.2 Å². The standard InChI is InChI=1S/C25H33Cl2FN2O3S/c1-2-3-4-5-6-7-8-9-10-11-16-29-25(31)21-17-19(28)12-15-24(21)30-34(32,33)20-13-14-22(26)23(27)18-20/h12-15,17-18,30H,2-11,16H2,1H3,(H,29,31). The first-order valence-corrected chi connectivity index (χ1v) is 14.0. The molecule has 0 aliphatic heterocycles. The smallest absolute Gasteiger partial charge is 0.261 e. The van der Waals surface area contributed by atoms with Crippen LogP contribution in [-0.2, 0) is 10.0 Å². The fraction of sp³-hybridized carbons (Fsp3) is 0.480. The van der Waals surface area contributed by atoms with Crippen molar-refractivity contribution >= 4 is 44.8 Å². The van der Waals surface area contributed by atoms with Gasteiger partial charge in [-0.15, -0.1) is 0 Å². The molecule has 5 nitrogen and oxygen atoms in total. The van der Waals surface area contributed by atoms with E-state index in [0.29, 0.717) is 6.54 Å². The number of amides is 1. The van der Waals surface area contributed by atoms with Crippen LogP contribution in [0.1, 0.15) is 81.5 Å². The molecule has 2 aromatic carbocycles. The monoisotopic (exact) mass is 530 g/mol. The summed E-state index contributed by atoms with van der Waals surface area (Å²) in [6.07, 6.45) is 11.8. The van der Waals surface area contributed by atoms with E-state index in [9.17, 15) is 17.6 Å². The van der Waals surface area contributed by atoms with Crippen LogP contribution < -0.4 is 10.0 Å². The Balaban J connectivity index is 1.87. The van der Waals surface area contributed by atoms with Gasteiger partial charge in [0, 0.05) is 6.54 Å². The number of rotatable bonds is 15. The summed E-state index contributed by atoms with van der Waals surface area (Å²) < 4.78 is 41.7. The Bertz CT molecular complexity index is 1050. The molecule has 0 aliphatic rings. The summed E-state index contributed by atoms with van der Waals surface area (Å²) in [6, 6.07) is 7.20. The van der Waals surface area contributed by atoms with Crippen molar-refractivity contribution in [3.8, 4) is 0 Å². The Morgan fingerprint density at radius 1 is 0.853 bits per heavy atom.